The van der Waals surface area contributed by atoms with Gasteiger partial charge in [-0.15, -0.1) is 11.3 Å². The molecule has 0 bridgehead atoms. The lowest BCUT2D eigenvalue weighted by atomic mass is 10.0. The third kappa shape index (κ3) is 4.37. The van der Waals surface area contributed by atoms with Crippen molar-refractivity contribution in [1.82, 2.24) is 15.6 Å². The molecule has 0 aliphatic rings. The van der Waals surface area contributed by atoms with E-state index in [0.717, 1.165) is 23.2 Å². The van der Waals surface area contributed by atoms with Gasteiger partial charge in [0.05, 0.1) is 12.2 Å². The molecule has 0 saturated carbocycles. The van der Waals surface area contributed by atoms with Crippen LogP contribution in [0, 0.1) is 0 Å². The van der Waals surface area contributed by atoms with Gasteiger partial charge < -0.3 is 10.6 Å². The highest BCUT2D eigenvalue weighted by molar-refractivity contribution is 7.09. The zero-order valence-corrected chi connectivity index (χ0v) is 15.7. The van der Waals surface area contributed by atoms with Crippen molar-refractivity contribution >= 4 is 28.1 Å². The molecule has 5 heteroatoms. The molecule has 0 atom stereocenters. The second-order valence-corrected chi connectivity index (χ2v) is 7.18. The van der Waals surface area contributed by atoms with Gasteiger partial charge in [-0.05, 0) is 22.3 Å². The van der Waals surface area contributed by atoms with E-state index in [1.807, 2.05) is 0 Å². The van der Waals surface area contributed by atoms with E-state index < -0.39 is 0 Å². The molecule has 0 aliphatic carbocycles. The van der Waals surface area contributed by atoms with E-state index in [4.69, 9.17) is 0 Å². The lowest BCUT2D eigenvalue weighted by Gasteiger charge is -2.12. The van der Waals surface area contributed by atoms with Crippen LogP contribution in [0.2, 0.25) is 0 Å². The van der Waals surface area contributed by atoms with Crippen LogP contribution in [0.15, 0.2) is 52.8 Å². The Kier molecular flexibility index (Phi) is 5.66. The van der Waals surface area contributed by atoms with E-state index in [1.165, 1.54) is 16.3 Å². The number of fused-ring (bicyclic) bond motifs is 1. The Bertz CT molecular complexity index is 862. The molecule has 1 heterocycles. The number of aliphatic imine (C=N–C) groups is 1. The minimum Gasteiger partial charge on any atom is -0.352 e. The van der Waals surface area contributed by atoms with Gasteiger partial charge in [0.25, 0.3) is 0 Å². The first-order valence-electron chi connectivity index (χ1n) is 8.53. The third-order valence-electron chi connectivity index (χ3n) is 4.12. The summed E-state index contributed by atoms with van der Waals surface area (Å²) >= 11 is 1.69. The molecule has 3 rings (SSSR count). The summed E-state index contributed by atoms with van der Waals surface area (Å²) in [7, 11) is 1.79. The van der Waals surface area contributed by atoms with E-state index in [-0.39, 0.29) is 0 Å². The summed E-state index contributed by atoms with van der Waals surface area (Å²) in [5.74, 6) is 1.25. The highest BCUT2D eigenvalue weighted by Crippen LogP contribution is 2.19. The summed E-state index contributed by atoms with van der Waals surface area (Å²) in [6.45, 7) is 5.75. The minimum atomic E-state index is 0.466. The van der Waals surface area contributed by atoms with Gasteiger partial charge in [0.2, 0.25) is 0 Å². The summed E-state index contributed by atoms with van der Waals surface area (Å²) in [6.07, 6.45) is 0. The van der Waals surface area contributed by atoms with Gasteiger partial charge in [0.1, 0.15) is 5.01 Å². The molecule has 0 unspecified atom stereocenters. The molecular weight excluding hydrogens is 328 g/mol. The lowest BCUT2D eigenvalue weighted by Crippen LogP contribution is -2.36. The highest BCUT2D eigenvalue weighted by Gasteiger charge is 2.07. The monoisotopic (exact) mass is 352 g/mol. The number of hydrogen-bond donors (Lipinski definition) is 2. The molecule has 0 fully saturated rings. The molecule has 1 aromatic heterocycles. The summed E-state index contributed by atoms with van der Waals surface area (Å²) in [6, 6.07) is 14.8. The number of benzene rings is 2. The van der Waals surface area contributed by atoms with Crippen molar-refractivity contribution < 1.29 is 0 Å². The topological polar surface area (TPSA) is 49.3 Å². The molecule has 3 aromatic rings. The molecule has 2 N–H and O–H groups in total. The maximum Gasteiger partial charge on any atom is 0.191 e. The smallest absolute Gasteiger partial charge is 0.191 e. The maximum absolute atomic E-state index is 4.65. The van der Waals surface area contributed by atoms with Crippen LogP contribution < -0.4 is 10.6 Å². The van der Waals surface area contributed by atoms with Gasteiger partial charge >= 0.3 is 0 Å². The third-order valence-corrected chi connectivity index (χ3v) is 4.98. The van der Waals surface area contributed by atoms with Crippen molar-refractivity contribution in [2.24, 2.45) is 4.99 Å². The van der Waals surface area contributed by atoms with Crippen molar-refractivity contribution in [1.29, 1.82) is 0 Å². The van der Waals surface area contributed by atoms with Crippen molar-refractivity contribution in [3.8, 4) is 0 Å². The summed E-state index contributed by atoms with van der Waals surface area (Å²) in [5, 5.41) is 12.5. The van der Waals surface area contributed by atoms with E-state index in [1.54, 1.807) is 18.4 Å². The number of hydrogen-bond acceptors (Lipinski definition) is 3. The number of rotatable bonds is 5. The predicted octanol–water partition coefficient (Wildman–Crippen LogP) is 4.28. The fourth-order valence-electron chi connectivity index (χ4n) is 2.68. The SMILES string of the molecule is CN=C(NCc1nc(C(C)C)cs1)NCc1cccc2ccccc12. The molecule has 25 heavy (non-hydrogen) atoms. The molecule has 0 aliphatic heterocycles. The van der Waals surface area contributed by atoms with Crippen LogP contribution in [0.1, 0.15) is 36.0 Å². The second-order valence-electron chi connectivity index (χ2n) is 6.24. The van der Waals surface area contributed by atoms with Gasteiger partial charge in [0, 0.05) is 19.0 Å². The largest absolute Gasteiger partial charge is 0.352 e. The lowest BCUT2D eigenvalue weighted by molar-refractivity contribution is 0.786. The van der Waals surface area contributed by atoms with E-state index >= 15 is 0 Å². The zero-order chi connectivity index (χ0) is 17.6. The van der Waals surface area contributed by atoms with Gasteiger partial charge in [0.15, 0.2) is 5.96 Å². The normalized spacial score (nSPS) is 11.9. The van der Waals surface area contributed by atoms with Crippen LogP contribution >= 0.6 is 11.3 Å². The van der Waals surface area contributed by atoms with Crippen molar-refractivity contribution in [2.45, 2.75) is 32.9 Å². The van der Waals surface area contributed by atoms with Crippen LogP contribution in [0.3, 0.4) is 0 Å². The predicted molar refractivity (Wildman–Crippen MR) is 107 cm³/mol. The van der Waals surface area contributed by atoms with Crippen LogP contribution in [0.5, 0.6) is 0 Å². The van der Waals surface area contributed by atoms with Gasteiger partial charge in [-0.1, -0.05) is 56.3 Å². The maximum atomic E-state index is 4.65. The molecule has 2 aromatic carbocycles. The van der Waals surface area contributed by atoms with Crippen LogP contribution in [-0.4, -0.2) is 18.0 Å². The Labute approximate surface area is 153 Å². The first-order valence-corrected chi connectivity index (χ1v) is 9.41. The van der Waals surface area contributed by atoms with E-state index in [0.29, 0.717) is 12.5 Å². The van der Waals surface area contributed by atoms with Crippen LogP contribution in [0.4, 0.5) is 0 Å². The summed E-state index contributed by atoms with van der Waals surface area (Å²) in [4.78, 5) is 8.96. The van der Waals surface area contributed by atoms with Gasteiger partial charge in [-0.2, -0.15) is 0 Å². The minimum absolute atomic E-state index is 0.466. The van der Waals surface area contributed by atoms with Crippen molar-refractivity contribution in [3.05, 3.63) is 64.1 Å². The molecular formula is C20H24N4S. The van der Waals surface area contributed by atoms with Crippen molar-refractivity contribution in [2.75, 3.05) is 7.05 Å². The molecule has 4 nitrogen and oxygen atoms in total. The van der Waals surface area contributed by atoms with Crippen LogP contribution in [0.25, 0.3) is 10.8 Å². The quantitative estimate of drug-likeness (QED) is 0.532. The van der Waals surface area contributed by atoms with Crippen LogP contribution in [-0.2, 0) is 13.1 Å². The Morgan fingerprint density at radius 3 is 2.60 bits per heavy atom. The number of nitrogens with one attached hydrogen (secondary N) is 2. The number of nitrogens with zero attached hydrogens (tertiary/aromatic N) is 2. The van der Waals surface area contributed by atoms with E-state index in [2.05, 4.69) is 82.3 Å². The number of thiazole rings is 1. The van der Waals surface area contributed by atoms with E-state index in [9.17, 15) is 0 Å². The number of guanidine groups is 1. The Hall–Kier alpha value is -2.40. The first kappa shape index (κ1) is 17.4. The van der Waals surface area contributed by atoms with Gasteiger partial charge in [-0.3, -0.25) is 4.99 Å². The highest BCUT2D eigenvalue weighted by atomic mass is 32.1. The Morgan fingerprint density at radius 2 is 1.84 bits per heavy atom. The second kappa shape index (κ2) is 8.12. The fraction of sp³-hybridized carbons (Fsp3) is 0.300. The molecule has 0 radical (unpaired) electrons. The van der Waals surface area contributed by atoms with Gasteiger partial charge in [-0.25, -0.2) is 4.98 Å². The average Bonchev–Trinajstić information content (AvgIpc) is 3.11. The zero-order valence-electron chi connectivity index (χ0n) is 14.9. The summed E-state index contributed by atoms with van der Waals surface area (Å²) < 4.78 is 0. The van der Waals surface area contributed by atoms with Crippen molar-refractivity contribution in [3.63, 3.8) is 0 Å². The summed E-state index contributed by atoms with van der Waals surface area (Å²) in [5.41, 5.74) is 2.41. The molecule has 0 amide bonds. The molecule has 0 spiro atoms. The Morgan fingerprint density at radius 1 is 1.08 bits per heavy atom. The average molecular weight is 353 g/mol. The first-order chi connectivity index (χ1) is 12.2. The molecule has 0 saturated heterocycles. The standard InChI is InChI=1S/C20H24N4S/c1-14(2)18-13-25-19(24-18)12-23-20(21-3)22-11-16-9-6-8-15-7-4-5-10-17(15)16/h4-10,13-14H,11-12H2,1-3H3,(H2,21,22,23). The number of aromatic nitrogens is 1. The fourth-order valence-corrected chi connectivity index (χ4v) is 3.57. The molecule has 130 valence electrons. The Balaban J connectivity index is 1.60.